The number of nitrogens with one attached hydrogen (secondary N) is 1. The number of rotatable bonds is 8. The number of aryl methyl sites for hydroxylation is 2. The molecule has 8 heteroatoms. The normalized spacial score (nSPS) is 10.6. The van der Waals surface area contributed by atoms with Crippen molar-refractivity contribution in [3.63, 3.8) is 0 Å². The van der Waals surface area contributed by atoms with Crippen LogP contribution in [0.2, 0.25) is 0 Å². The zero-order valence-electron chi connectivity index (χ0n) is 18.4. The third-order valence-corrected chi connectivity index (χ3v) is 5.02. The third kappa shape index (κ3) is 4.95. The number of pyridine rings is 1. The molecule has 0 atom stereocenters. The molecule has 0 fully saturated rings. The van der Waals surface area contributed by atoms with Crippen molar-refractivity contribution in [1.29, 1.82) is 0 Å². The van der Waals surface area contributed by atoms with Gasteiger partial charge in [0.1, 0.15) is 24.5 Å². The number of hydrogen-bond acceptors (Lipinski definition) is 7. The molecule has 8 nitrogen and oxygen atoms in total. The van der Waals surface area contributed by atoms with Gasteiger partial charge in [0.25, 0.3) is 0 Å². The van der Waals surface area contributed by atoms with Gasteiger partial charge in [-0.25, -0.2) is 9.89 Å². The number of nitrogens with zero attached hydrogens (tertiary/aromatic N) is 4. The Hall–Kier alpha value is -4.33. The van der Waals surface area contributed by atoms with Crippen LogP contribution in [-0.4, -0.2) is 38.2 Å². The minimum Gasteiger partial charge on any atom is -0.488 e. The molecular weight excluding hydrogens is 418 g/mol. The van der Waals surface area contributed by atoms with E-state index in [1.807, 2.05) is 55.5 Å². The summed E-state index contributed by atoms with van der Waals surface area (Å²) in [6, 6.07) is 17.7. The van der Waals surface area contributed by atoms with Crippen LogP contribution < -0.4 is 4.74 Å². The highest BCUT2D eigenvalue weighted by Crippen LogP contribution is 2.30. The summed E-state index contributed by atoms with van der Waals surface area (Å²) >= 11 is 0. The molecule has 0 amide bonds. The van der Waals surface area contributed by atoms with Crippen LogP contribution in [0.25, 0.3) is 22.5 Å². The Balaban J connectivity index is 1.54. The van der Waals surface area contributed by atoms with Crippen LogP contribution in [0.1, 0.15) is 27.3 Å². The van der Waals surface area contributed by atoms with Gasteiger partial charge in [0.15, 0.2) is 5.82 Å². The highest BCUT2D eigenvalue weighted by molar-refractivity contribution is 5.93. The molecule has 0 unspecified atom stereocenters. The van der Waals surface area contributed by atoms with Crippen LogP contribution >= 0.6 is 0 Å². The molecule has 4 aromatic rings. The highest BCUT2D eigenvalue weighted by Gasteiger charge is 2.19. The van der Waals surface area contributed by atoms with Gasteiger partial charge in [0, 0.05) is 17.3 Å². The van der Waals surface area contributed by atoms with Crippen molar-refractivity contribution in [2.75, 3.05) is 6.61 Å². The lowest BCUT2D eigenvalue weighted by Gasteiger charge is -2.14. The second-order valence-electron chi connectivity index (χ2n) is 7.39. The van der Waals surface area contributed by atoms with Gasteiger partial charge in [0.2, 0.25) is 0 Å². The molecule has 0 saturated carbocycles. The maximum absolute atomic E-state index is 12.5. The van der Waals surface area contributed by atoms with Crippen molar-refractivity contribution in [3.8, 4) is 28.3 Å². The standard InChI is InChI=1S/C25H23N5O3/c1-4-13-32-25(31)23-17(3)26-16(2)14-22(23)33-15-18-9-11-19(12-10-18)20-7-5-6-8-21(20)24-27-29-30-28-24/h4-12,14H,1,13,15H2,2-3H3,(H,27,28,29,30). The van der Waals surface area contributed by atoms with Crippen molar-refractivity contribution in [2.24, 2.45) is 0 Å². The maximum Gasteiger partial charge on any atom is 0.344 e. The van der Waals surface area contributed by atoms with Crippen LogP contribution in [-0.2, 0) is 11.3 Å². The Kier molecular flexibility index (Phi) is 6.54. The fourth-order valence-electron chi connectivity index (χ4n) is 3.52. The van der Waals surface area contributed by atoms with E-state index in [9.17, 15) is 4.79 Å². The first-order chi connectivity index (χ1) is 16.1. The largest absolute Gasteiger partial charge is 0.488 e. The van der Waals surface area contributed by atoms with Gasteiger partial charge in [-0.15, -0.1) is 5.10 Å². The smallest absolute Gasteiger partial charge is 0.344 e. The molecule has 0 aliphatic rings. The summed E-state index contributed by atoms with van der Waals surface area (Å²) in [4.78, 5) is 16.9. The summed E-state index contributed by atoms with van der Waals surface area (Å²) < 4.78 is 11.2. The number of H-pyrrole nitrogens is 1. The Morgan fingerprint density at radius 1 is 1.09 bits per heavy atom. The first kappa shape index (κ1) is 21.9. The first-order valence-electron chi connectivity index (χ1n) is 10.4. The molecule has 0 bridgehead atoms. The number of tetrazole rings is 1. The fourth-order valence-corrected chi connectivity index (χ4v) is 3.52. The zero-order valence-corrected chi connectivity index (χ0v) is 18.4. The minimum absolute atomic E-state index is 0.124. The van der Waals surface area contributed by atoms with Gasteiger partial charge in [-0.3, -0.25) is 4.98 Å². The fraction of sp³-hybridized carbons (Fsp3) is 0.160. The summed E-state index contributed by atoms with van der Waals surface area (Å²) in [7, 11) is 0. The summed E-state index contributed by atoms with van der Waals surface area (Å²) in [5, 5.41) is 14.2. The van der Waals surface area contributed by atoms with Crippen LogP contribution in [0.4, 0.5) is 0 Å². The van der Waals surface area contributed by atoms with E-state index < -0.39 is 5.97 Å². The summed E-state index contributed by atoms with van der Waals surface area (Å²) in [5.41, 5.74) is 5.55. The molecule has 2 aromatic heterocycles. The zero-order chi connectivity index (χ0) is 23.2. The van der Waals surface area contributed by atoms with Crippen LogP contribution in [0, 0.1) is 13.8 Å². The van der Waals surface area contributed by atoms with Crippen LogP contribution in [0.5, 0.6) is 5.75 Å². The predicted molar refractivity (Wildman–Crippen MR) is 124 cm³/mol. The Bertz CT molecular complexity index is 1270. The van der Waals surface area contributed by atoms with E-state index in [-0.39, 0.29) is 6.61 Å². The van der Waals surface area contributed by atoms with Crippen molar-refractivity contribution in [1.82, 2.24) is 25.6 Å². The number of aromatic nitrogens is 5. The Morgan fingerprint density at radius 3 is 2.55 bits per heavy atom. The van der Waals surface area contributed by atoms with Crippen molar-refractivity contribution >= 4 is 5.97 Å². The SMILES string of the molecule is C=CCOC(=O)c1c(OCc2ccc(-c3ccccc3-c3nnn[nH]3)cc2)cc(C)nc1C. The molecular formula is C25H23N5O3. The lowest BCUT2D eigenvalue weighted by atomic mass is 9.98. The number of esters is 1. The van der Waals surface area contributed by atoms with E-state index in [4.69, 9.17) is 9.47 Å². The quantitative estimate of drug-likeness (QED) is 0.318. The lowest BCUT2D eigenvalue weighted by Crippen LogP contribution is -2.12. The monoisotopic (exact) mass is 441 g/mol. The second-order valence-corrected chi connectivity index (χ2v) is 7.39. The topological polar surface area (TPSA) is 103 Å². The van der Waals surface area contributed by atoms with E-state index in [2.05, 4.69) is 32.2 Å². The summed E-state index contributed by atoms with van der Waals surface area (Å²) in [5.74, 6) is 0.572. The molecule has 4 rings (SSSR count). The van der Waals surface area contributed by atoms with E-state index in [0.717, 1.165) is 27.9 Å². The van der Waals surface area contributed by atoms with E-state index in [0.29, 0.717) is 29.4 Å². The van der Waals surface area contributed by atoms with Gasteiger partial charge in [0.05, 0.1) is 5.69 Å². The summed E-state index contributed by atoms with van der Waals surface area (Å²) in [6.07, 6.45) is 1.52. The number of carbonyl (C=O) groups excluding carboxylic acids is 1. The Labute approximate surface area is 191 Å². The average molecular weight is 441 g/mol. The number of benzene rings is 2. The lowest BCUT2D eigenvalue weighted by molar-refractivity contribution is 0.0543. The van der Waals surface area contributed by atoms with Gasteiger partial charge >= 0.3 is 5.97 Å². The number of ether oxygens (including phenoxy) is 2. The van der Waals surface area contributed by atoms with E-state index in [1.165, 1.54) is 6.08 Å². The van der Waals surface area contributed by atoms with Crippen LogP contribution in [0.15, 0.2) is 67.3 Å². The molecule has 2 aromatic carbocycles. The maximum atomic E-state index is 12.5. The second kappa shape index (κ2) is 9.86. The van der Waals surface area contributed by atoms with Crippen LogP contribution in [0.3, 0.4) is 0 Å². The van der Waals surface area contributed by atoms with Gasteiger partial charge in [-0.05, 0) is 41.0 Å². The number of carbonyl (C=O) groups is 1. The van der Waals surface area contributed by atoms with Crippen molar-refractivity contribution in [3.05, 3.63) is 89.8 Å². The molecule has 2 heterocycles. The van der Waals surface area contributed by atoms with E-state index >= 15 is 0 Å². The minimum atomic E-state index is -0.483. The third-order valence-electron chi connectivity index (χ3n) is 5.02. The number of hydrogen-bond donors (Lipinski definition) is 1. The molecule has 0 spiro atoms. The van der Waals surface area contributed by atoms with Crippen molar-refractivity contribution in [2.45, 2.75) is 20.5 Å². The molecule has 166 valence electrons. The summed E-state index contributed by atoms with van der Waals surface area (Å²) in [6.45, 7) is 7.61. The average Bonchev–Trinajstić information content (AvgIpc) is 3.36. The van der Waals surface area contributed by atoms with Crippen molar-refractivity contribution < 1.29 is 14.3 Å². The first-order valence-corrected chi connectivity index (χ1v) is 10.4. The predicted octanol–water partition coefficient (Wildman–Crippen LogP) is 4.47. The molecule has 0 saturated heterocycles. The van der Waals surface area contributed by atoms with Gasteiger partial charge < -0.3 is 9.47 Å². The Morgan fingerprint density at radius 2 is 1.85 bits per heavy atom. The molecule has 1 N–H and O–H groups in total. The number of aromatic amines is 1. The molecule has 0 aliphatic heterocycles. The van der Waals surface area contributed by atoms with Gasteiger partial charge in [-0.2, -0.15) is 0 Å². The molecule has 0 radical (unpaired) electrons. The van der Waals surface area contributed by atoms with Gasteiger partial charge in [-0.1, -0.05) is 61.2 Å². The molecule has 0 aliphatic carbocycles. The highest BCUT2D eigenvalue weighted by atomic mass is 16.5. The molecule has 33 heavy (non-hydrogen) atoms. The van der Waals surface area contributed by atoms with E-state index in [1.54, 1.807) is 13.0 Å².